The van der Waals surface area contributed by atoms with Crippen LogP contribution in [0.15, 0.2) is 30.5 Å². The largest absolute Gasteiger partial charge is 0.389 e. The predicted octanol–water partition coefficient (Wildman–Crippen LogP) is 2.75. The van der Waals surface area contributed by atoms with Crippen molar-refractivity contribution in [3.63, 3.8) is 0 Å². The first-order chi connectivity index (χ1) is 12.3. The number of hydrogen-bond donors (Lipinski definition) is 1. The van der Waals surface area contributed by atoms with E-state index in [1.807, 2.05) is 26.0 Å². The number of alkyl halides is 3. The van der Waals surface area contributed by atoms with Gasteiger partial charge in [0.2, 0.25) is 5.91 Å². The summed E-state index contributed by atoms with van der Waals surface area (Å²) in [5, 5.41) is 12.2. The van der Waals surface area contributed by atoms with Gasteiger partial charge in [-0.15, -0.1) is 5.10 Å². The van der Waals surface area contributed by atoms with Gasteiger partial charge in [-0.2, -0.15) is 18.3 Å². The van der Waals surface area contributed by atoms with E-state index in [0.717, 1.165) is 10.4 Å². The van der Waals surface area contributed by atoms with E-state index < -0.39 is 12.6 Å². The maximum atomic E-state index is 12.3. The Morgan fingerprint density at radius 3 is 2.58 bits per heavy atom. The van der Waals surface area contributed by atoms with Crippen molar-refractivity contribution < 1.29 is 18.0 Å². The molecule has 0 aliphatic heterocycles. The number of amides is 1. The fourth-order valence-corrected chi connectivity index (χ4v) is 2.58. The van der Waals surface area contributed by atoms with Gasteiger partial charge in [0.1, 0.15) is 0 Å². The molecule has 2 aromatic rings. The zero-order valence-corrected chi connectivity index (χ0v) is 14.6. The fourth-order valence-electron chi connectivity index (χ4n) is 2.58. The molecular formula is C19H20F3N3O. The molecule has 7 heteroatoms. The highest BCUT2D eigenvalue weighted by Crippen LogP contribution is 2.22. The summed E-state index contributed by atoms with van der Waals surface area (Å²) in [5.74, 6) is 0.0601. The number of benzene rings is 1. The van der Waals surface area contributed by atoms with Crippen LogP contribution in [0, 0.1) is 0 Å². The number of hydrogen-bond acceptors (Lipinski definition) is 3. The van der Waals surface area contributed by atoms with Gasteiger partial charge in [-0.05, 0) is 31.4 Å². The molecule has 1 aromatic heterocycles. The second kappa shape index (κ2) is 8.60. The maximum Gasteiger partial charge on any atom is 0.389 e. The average Bonchev–Trinajstić information content (AvgIpc) is 2.59. The van der Waals surface area contributed by atoms with Crippen LogP contribution in [0.4, 0.5) is 19.0 Å². The third-order valence-electron chi connectivity index (χ3n) is 3.83. The molecule has 138 valence electrons. The van der Waals surface area contributed by atoms with Crippen molar-refractivity contribution in [2.75, 3.05) is 5.32 Å². The van der Waals surface area contributed by atoms with E-state index in [2.05, 4.69) is 15.5 Å². The second-order valence-corrected chi connectivity index (χ2v) is 5.80. The molecule has 0 unspecified atom stereocenters. The highest BCUT2D eigenvalue weighted by Gasteiger charge is 2.26. The summed E-state index contributed by atoms with van der Waals surface area (Å²) in [5.41, 5.74) is 1.20. The lowest BCUT2D eigenvalue weighted by atomic mass is 10.0. The van der Waals surface area contributed by atoms with Crippen LogP contribution < -0.4 is 15.8 Å². The Labute approximate surface area is 149 Å². The third kappa shape index (κ3) is 5.68. The predicted molar refractivity (Wildman–Crippen MR) is 94.7 cm³/mol. The number of halogens is 3. The van der Waals surface area contributed by atoms with E-state index >= 15 is 0 Å². The lowest BCUT2D eigenvalue weighted by Crippen LogP contribution is -2.32. The normalized spacial score (nSPS) is 13.1. The van der Waals surface area contributed by atoms with E-state index in [0.29, 0.717) is 16.9 Å². The monoisotopic (exact) mass is 363 g/mol. The van der Waals surface area contributed by atoms with E-state index in [1.54, 1.807) is 30.5 Å². The maximum absolute atomic E-state index is 12.3. The molecule has 0 radical (unpaired) electrons. The van der Waals surface area contributed by atoms with Gasteiger partial charge < -0.3 is 5.32 Å². The van der Waals surface area contributed by atoms with Gasteiger partial charge in [-0.1, -0.05) is 36.4 Å². The zero-order chi connectivity index (χ0) is 19.2. The summed E-state index contributed by atoms with van der Waals surface area (Å²) in [6.07, 6.45) is 0.170. The lowest BCUT2D eigenvalue weighted by Gasteiger charge is -2.08. The molecule has 1 amide bonds. The molecule has 0 atom stereocenters. The minimum absolute atomic E-state index is 0.0464. The van der Waals surface area contributed by atoms with Crippen LogP contribution in [0.1, 0.15) is 31.4 Å². The zero-order valence-electron chi connectivity index (χ0n) is 14.6. The molecule has 0 spiro atoms. The SMILES string of the molecule is CC=c1cnnc(NC(=O)Cc2cccc(CCC(F)(F)F)c2)c1=CC. The summed E-state index contributed by atoms with van der Waals surface area (Å²) in [4.78, 5) is 12.3. The molecule has 1 aromatic carbocycles. The second-order valence-electron chi connectivity index (χ2n) is 5.80. The van der Waals surface area contributed by atoms with Crippen molar-refractivity contribution in [2.24, 2.45) is 0 Å². The smallest absolute Gasteiger partial charge is 0.308 e. The van der Waals surface area contributed by atoms with Crippen LogP contribution in [0.2, 0.25) is 0 Å². The molecule has 2 rings (SSSR count). The Balaban J connectivity index is 2.10. The molecule has 4 nitrogen and oxygen atoms in total. The number of nitrogens with zero attached hydrogens (tertiary/aromatic N) is 2. The number of carbonyl (C=O) groups is 1. The van der Waals surface area contributed by atoms with Gasteiger partial charge in [0.15, 0.2) is 5.82 Å². The first-order valence-corrected chi connectivity index (χ1v) is 8.21. The summed E-state index contributed by atoms with van der Waals surface area (Å²) in [6.45, 7) is 3.70. The van der Waals surface area contributed by atoms with Crippen molar-refractivity contribution in [1.82, 2.24) is 10.2 Å². The number of aryl methyl sites for hydroxylation is 1. The Hall–Kier alpha value is -2.70. The van der Waals surface area contributed by atoms with E-state index in [1.165, 1.54) is 0 Å². The molecule has 1 N–H and O–H groups in total. The first-order valence-electron chi connectivity index (χ1n) is 8.21. The van der Waals surface area contributed by atoms with Crippen molar-refractivity contribution in [3.05, 3.63) is 52.0 Å². The average molecular weight is 363 g/mol. The molecule has 0 bridgehead atoms. The Morgan fingerprint density at radius 2 is 1.92 bits per heavy atom. The molecular weight excluding hydrogens is 343 g/mol. The van der Waals surface area contributed by atoms with Crippen LogP contribution >= 0.6 is 0 Å². The molecule has 0 fully saturated rings. The Kier molecular flexibility index (Phi) is 6.49. The minimum Gasteiger partial charge on any atom is -0.308 e. The van der Waals surface area contributed by atoms with Gasteiger partial charge in [-0.25, -0.2) is 0 Å². The van der Waals surface area contributed by atoms with E-state index in [9.17, 15) is 18.0 Å². The topological polar surface area (TPSA) is 54.9 Å². The number of nitrogens with one attached hydrogen (secondary N) is 1. The van der Waals surface area contributed by atoms with Crippen LogP contribution in [-0.2, 0) is 17.6 Å². The number of anilines is 1. The first kappa shape index (κ1) is 19.6. The van der Waals surface area contributed by atoms with Gasteiger partial charge in [-0.3, -0.25) is 4.79 Å². The van der Waals surface area contributed by atoms with Crippen molar-refractivity contribution >= 4 is 23.9 Å². The highest BCUT2D eigenvalue weighted by atomic mass is 19.4. The van der Waals surface area contributed by atoms with Crippen molar-refractivity contribution in [1.29, 1.82) is 0 Å². The van der Waals surface area contributed by atoms with Crippen molar-refractivity contribution in [3.8, 4) is 0 Å². The summed E-state index contributed by atoms with van der Waals surface area (Å²) >= 11 is 0. The van der Waals surface area contributed by atoms with Crippen LogP contribution in [0.3, 0.4) is 0 Å². The van der Waals surface area contributed by atoms with Gasteiger partial charge in [0, 0.05) is 16.9 Å². The standard InChI is InChI=1S/C19H20F3N3O/c1-3-15-12-23-25-18(16(15)4-2)24-17(26)11-14-7-5-6-13(10-14)8-9-19(20,21)22/h3-7,10,12H,8-9,11H2,1-2H3,(H,24,25,26). The molecule has 26 heavy (non-hydrogen) atoms. The van der Waals surface area contributed by atoms with Crippen LogP contribution in [0.25, 0.3) is 12.2 Å². The minimum atomic E-state index is -4.19. The molecule has 0 saturated heterocycles. The molecule has 0 aliphatic rings. The van der Waals surface area contributed by atoms with Gasteiger partial charge in [0.25, 0.3) is 0 Å². The summed E-state index contributed by atoms with van der Waals surface area (Å²) in [7, 11) is 0. The third-order valence-corrected chi connectivity index (χ3v) is 3.83. The summed E-state index contributed by atoms with van der Waals surface area (Å²) < 4.78 is 37.0. The number of carbonyl (C=O) groups excluding carboxylic acids is 1. The van der Waals surface area contributed by atoms with E-state index in [4.69, 9.17) is 0 Å². The van der Waals surface area contributed by atoms with Gasteiger partial charge in [0.05, 0.1) is 12.6 Å². The lowest BCUT2D eigenvalue weighted by molar-refractivity contribution is -0.134. The Bertz CT molecular complexity index is 892. The number of rotatable bonds is 5. The fraction of sp³-hybridized carbons (Fsp3) is 0.316. The van der Waals surface area contributed by atoms with Gasteiger partial charge >= 0.3 is 6.18 Å². The van der Waals surface area contributed by atoms with E-state index in [-0.39, 0.29) is 18.7 Å². The molecule has 1 heterocycles. The van der Waals surface area contributed by atoms with Crippen LogP contribution in [0.5, 0.6) is 0 Å². The molecule has 0 saturated carbocycles. The molecule has 0 aliphatic carbocycles. The van der Waals surface area contributed by atoms with Crippen LogP contribution in [-0.4, -0.2) is 22.3 Å². The number of aromatic nitrogens is 2. The van der Waals surface area contributed by atoms with Crippen molar-refractivity contribution in [2.45, 2.75) is 39.3 Å². The quantitative estimate of drug-likeness (QED) is 0.889. The Morgan fingerprint density at radius 1 is 1.19 bits per heavy atom. The summed E-state index contributed by atoms with van der Waals surface area (Å²) in [6, 6.07) is 6.63. The highest BCUT2D eigenvalue weighted by molar-refractivity contribution is 5.91.